The largest absolute Gasteiger partial charge is 0.377 e. The fourth-order valence-electron chi connectivity index (χ4n) is 1.60. The molecule has 6 nitrogen and oxygen atoms in total. The molecule has 13 heavy (non-hydrogen) atoms. The summed E-state index contributed by atoms with van der Waals surface area (Å²) in [6, 6.07) is -0.457. The van der Waals surface area contributed by atoms with E-state index in [9.17, 15) is 13.3 Å². The molecule has 0 bridgehead atoms. The lowest BCUT2D eigenvalue weighted by Crippen LogP contribution is -2.36. The van der Waals surface area contributed by atoms with Gasteiger partial charge in [0.15, 0.2) is 0 Å². The van der Waals surface area contributed by atoms with E-state index in [2.05, 4.69) is 5.29 Å². The number of nitroso groups, excluding NO2 is 1. The van der Waals surface area contributed by atoms with Gasteiger partial charge in [0.1, 0.15) is 0 Å². The van der Waals surface area contributed by atoms with Crippen LogP contribution in [0, 0.1) is 4.91 Å². The van der Waals surface area contributed by atoms with Crippen LogP contribution < -0.4 is 0 Å². The summed E-state index contributed by atoms with van der Waals surface area (Å²) >= 11 is 0. The maximum absolute atomic E-state index is 10.6. The van der Waals surface area contributed by atoms with Gasteiger partial charge in [0.2, 0.25) is 0 Å². The van der Waals surface area contributed by atoms with Gasteiger partial charge < -0.3 is 0 Å². The standard InChI is InChI=1S/C6H12N2O4S/c9-7-8(13(10,11)12)6-4-2-1-3-5-6/h6H,1-5H2,(H,10,11,12). The molecule has 0 atom stereocenters. The van der Waals surface area contributed by atoms with Gasteiger partial charge in [0.05, 0.1) is 11.3 Å². The molecule has 0 aliphatic heterocycles. The number of hydrogen-bond donors (Lipinski definition) is 1. The summed E-state index contributed by atoms with van der Waals surface area (Å²) in [4.78, 5) is 10.2. The Morgan fingerprint density at radius 2 is 1.77 bits per heavy atom. The van der Waals surface area contributed by atoms with Gasteiger partial charge in [-0.25, -0.2) is 0 Å². The molecule has 1 aliphatic rings. The molecule has 0 radical (unpaired) electrons. The first-order valence-corrected chi connectivity index (χ1v) is 5.55. The summed E-state index contributed by atoms with van der Waals surface area (Å²) < 4.78 is 30.2. The molecule has 0 spiro atoms. The van der Waals surface area contributed by atoms with E-state index in [1.807, 2.05) is 0 Å². The molecular weight excluding hydrogens is 196 g/mol. The van der Waals surface area contributed by atoms with Crippen molar-refractivity contribution in [3.63, 3.8) is 0 Å². The summed E-state index contributed by atoms with van der Waals surface area (Å²) in [7, 11) is -4.46. The van der Waals surface area contributed by atoms with Gasteiger partial charge in [0, 0.05) is 0 Å². The second-order valence-electron chi connectivity index (χ2n) is 3.12. The third-order valence-corrected chi connectivity index (χ3v) is 3.04. The molecule has 0 heterocycles. The van der Waals surface area contributed by atoms with Crippen molar-refractivity contribution in [3.05, 3.63) is 4.91 Å². The van der Waals surface area contributed by atoms with E-state index in [1.54, 1.807) is 0 Å². The van der Waals surface area contributed by atoms with Gasteiger partial charge in [-0.3, -0.25) is 4.55 Å². The maximum atomic E-state index is 10.6. The Morgan fingerprint density at radius 1 is 1.23 bits per heavy atom. The van der Waals surface area contributed by atoms with E-state index in [4.69, 9.17) is 4.55 Å². The van der Waals surface area contributed by atoms with Crippen molar-refractivity contribution in [2.24, 2.45) is 5.29 Å². The third-order valence-electron chi connectivity index (χ3n) is 2.20. The van der Waals surface area contributed by atoms with Gasteiger partial charge in [-0.2, -0.15) is 8.42 Å². The van der Waals surface area contributed by atoms with Crippen molar-refractivity contribution in [2.45, 2.75) is 38.1 Å². The van der Waals surface area contributed by atoms with Crippen LogP contribution in [0.4, 0.5) is 0 Å². The van der Waals surface area contributed by atoms with Crippen LogP contribution in [0.2, 0.25) is 0 Å². The van der Waals surface area contributed by atoms with Crippen molar-refractivity contribution in [3.8, 4) is 0 Å². The van der Waals surface area contributed by atoms with Crippen LogP contribution in [0.15, 0.2) is 5.29 Å². The Morgan fingerprint density at radius 3 is 2.15 bits per heavy atom. The van der Waals surface area contributed by atoms with Crippen molar-refractivity contribution < 1.29 is 13.0 Å². The first-order valence-electron chi connectivity index (χ1n) is 4.16. The zero-order chi connectivity index (χ0) is 9.90. The van der Waals surface area contributed by atoms with Crippen LogP contribution in [0.1, 0.15) is 32.1 Å². The van der Waals surface area contributed by atoms with Gasteiger partial charge in [-0.15, -0.1) is 9.32 Å². The fraction of sp³-hybridized carbons (Fsp3) is 1.00. The van der Waals surface area contributed by atoms with Gasteiger partial charge in [-0.05, 0) is 12.8 Å². The summed E-state index contributed by atoms with van der Waals surface area (Å²) in [5.74, 6) is 0. The lowest BCUT2D eigenvalue weighted by Gasteiger charge is -2.26. The predicted octanol–water partition coefficient (Wildman–Crippen LogP) is 1.11. The van der Waals surface area contributed by atoms with Crippen molar-refractivity contribution in [1.29, 1.82) is 0 Å². The summed E-state index contributed by atoms with van der Waals surface area (Å²) in [6.07, 6.45) is 3.95. The molecule has 0 unspecified atom stereocenters. The Kier molecular flexibility index (Phi) is 3.21. The molecule has 0 amide bonds. The van der Waals surface area contributed by atoms with Gasteiger partial charge in [0.25, 0.3) is 0 Å². The highest BCUT2D eigenvalue weighted by atomic mass is 32.2. The Balaban J connectivity index is 2.71. The van der Waals surface area contributed by atoms with Crippen LogP contribution in [0.5, 0.6) is 0 Å². The van der Waals surface area contributed by atoms with E-state index in [0.29, 0.717) is 12.8 Å². The summed E-state index contributed by atoms with van der Waals surface area (Å²) in [5.41, 5.74) is 0. The molecule has 7 heteroatoms. The van der Waals surface area contributed by atoms with Crippen LogP contribution in [-0.4, -0.2) is 23.4 Å². The minimum atomic E-state index is -4.46. The highest BCUT2D eigenvalue weighted by molar-refractivity contribution is 7.83. The quantitative estimate of drug-likeness (QED) is 0.427. The van der Waals surface area contributed by atoms with Gasteiger partial charge in [-0.1, -0.05) is 19.3 Å². The molecular formula is C6H12N2O4S. The van der Waals surface area contributed by atoms with Crippen LogP contribution >= 0.6 is 0 Å². The first-order chi connectivity index (χ1) is 6.05. The molecule has 76 valence electrons. The summed E-state index contributed by atoms with van der Waals surface area (Å²) in [5, 5.41) is 2.33. The second-order valence-corrected chi connectivity index (χ2v) is 4.39. The van der Waals surface area contributed by atoms with Crippen LogP contribution in [0.25, 0.3) is 0 Å². The molecule has 1 saturated carbocycles. The van der Waals surface area contributed by atoms with Gasteiger partial charge >= 0.3 is 10.3 Å². The van der Waals surface area contributed by atoms with Crippen LogP contribution in [0.3, 0.4) is 0 Å². The van der Waals surface area contributed by atoms with E-state index < -0.39 is 16.3 Å². The lowest BCUT2D eigenvalue weighted by molar-refractivity contribution is 0.237. The zero-order valence-corrected chi connectivity index (χ0v) is 7.90. The Hall–Kier alpha value is -0.690. The SMILES string of the molecule is O=NN(C1CCCCC1)S(=O)(=O)O. The first kappa shape index (κ1) is 10.4. The Labute approximate surface area is 76.7 Å². The molecule has 1 N–H and O–H groups in total. The molecule has 0 saturated heterocycles. The van der Waals surface area contributed by atoms with Crippen molar-refractivity contribution in [2.75, 3.05) is 0 Å². The molecule has 0 aromatic carbocycles. The minimum absolute atomic E-state index is 0.270. The highest BCUT2D eigenvalue weighted by Crippen LogP contribution is 2.24. The highest BCUT2D eigenvalue weighted by Gasteiger charge is 2.29. The van der Waals surface area contributed by atoms with Crippen molar-refractivity contribution in [1.82, 2.24) is 4.41 Å². The lowest BCUT2D eigenvalue weighted by atomic mass is 9.96. The fourth-order valence-corrected chi connectivity index (χ4v) is 2.27. The average Bonchev–Trinajstić information content (AvgIpc) is 2.05. The summed E-state index contributed by atoms with van der Waals surface area (Å²) in [6.45, 7) is 0. The molecule has 0 aromatic heterocycles. The van der Waals surface area contributed by atoms with E-state index >= 15 is 0 Å². The monoisotopic (exact) mass is 208 g/mol. The molecule has 0 aromatic rings. The van der Waals surface area contributed by atoms with E-state index in [-0.39, 0.29) is 4.41 Å². The second kappa shape index (κ2) is 4.01. The normalized spacial score (nSPS) is 19.8. The molecule has 1 aliphatic carbocycles. The predicted molar refractivity (Wildman–Crippen MR) is 46.1 cm³/mol. The van der Waals surface area contributed by atoms with E-state index in [1.165, 1.54) is 0 Å². The number of hydrogen-bond acceptors (Lipinski definition) is 4. The minimum Gasteiger partial charge on any atom is -0.268 e. The van der Waals surface area contributed by atoms with E-state index in [0.717, 1.165) is 19.3 Å². The average molecular weight is 208 g/mol. The number of nitrogens with zero attached hydrogens (tertiary/aromatic N) is 2. The van der Waals surface area contributed by atoms with Crippen molar-refractivity contribution >= 4 is 10.3 Å². The third kappa shape index (κ3) is 2.63. The number of rotatable bonds is 3. The zero-order valence-electron chi connectivity index (χ0n) is 7.09. The topological polar surface area (TPSA) is 87.0 Å². The van der Waals surface area contributed by atoms with Crippen LogP contribution in [-0.2, 0) is 10.3 Å². The maximum Gasteiger partial charge on any atom is 0.377 e. The molecule has 1 rings (SSSR count). The Bertz CT molecular complexity index is 270. The smallest absolute Gasteiger partial charge is 0.268 e. The molecule has 1 fully saturated rings.